The van der Waals surface area contributed by atoms with E-state index < -0.39 is 5.60 Å². The van der Waals surface area contributed by atoms with Gasteiger partial charge in [0.25, 0.3) is 0 Å². The van der Waals surface area contributed by atoms with E-state index in [4.69, 9.17) is 0 Å². The third kappa shape index (κ3) is 1.88. The van der Waals surface area contributed by atoms with E-state index in [0.717, 1.165) is 9.75 Å². The van der Waals surface area contributed by atoms with Crippen molar-refractivity contribution in [3.05, 3.63) is 57.1 Å². The van der Waals surface area contributed by atoms with E-state index in [1.807, 2.05) is 25.1 Å². The molecule has 0 amide bonds. The zero-order valence-electron chi connectivity index (χ0n) is 10.3. The minimum absolute atomic E-state index is 0.886. The zero-order valence-corrected chi connectivity index (χ0v) is 11.9. The first-order valence-corrected chi connectivity index (χ1v) is 7.49. The van der Waals surface area contributed by atoms with Gasteiger partial charge in [0.15, 0.2) is 0 Å². The second kappa shape index (κ2) is 4.19. The van der Waals surface area contributed by atoms with Crippen LogP contribution in [0.4, 0.5) is 0 Å². The number of hydrogen-bond acceptors (Lipinski definition) is 3. The summed E-state index contributed by atoms with van der Waals surface area (Å²) in [5, 5.41) is 12.0. The third-order valence-electron chi connectivity index (χ3n) is 3.13. The molecule has 2 heterocycles. The van der Waals surface area contributed by atoms with Gasteiger partial charge in [0.2, 0.25) is 0 Å². The Balaban J connectivity index is 2.12. The molecule has 92 valence electrons. The van der Waals surface area contributed by atoms with Gasteiger partial charge in [-0.15, -0.1) is 22.7 Å². The van der Waals surface area contributed by atoms with Gasteiger partial charge in [0.05, 0.1) is 0 Å². The van der Waals surface area contributed by atoms with Gasteiger partial charge in [0, 0.05) is 19.3 Å². The summed E-state index contributed by atoms with van der Waals surface area (Å²) in [6.45, 7) is 3.94. The summed E-state index contributed by atoms with van der Waals surface area (Å²) >= 11 is 3.32. The quantitative estimate of drug-likeness (QED) is 0.728. The first kappa shape index (κ1) is 11.9. The number of benzene rings is 1. The van der Waals surface area contributed by atoms with Gasteiger partial charge in [0.1, 0.15) is 5.60 Å². The summed E-state index contributed by atoms with van der Waals surface area (Å²) in [5.74, 6) is 0. The molecule has 1 unspecified atom stereocenters. The Bertz CT molecular complexity index is 658. The van der Waals surface area contributed by atoms with Crippen LogP contribution in [0.3, 0.4) is 0 Å². The van der Waals surface area contributed by atoms with Crippen LogP contribution in [0.5, 0.6) is 0 Å². The van der Waals surface area contributed by atoms with E-state index in [2.05, 4.69) is 31.2 Å². The first-order valence-electron chi connectivity index (χ1n) is 5.86. The molecular formula is C15H14OS2. The van der Waals surface area contributed by atoms with Crippen molar-refractivity contribution in [3.8, 4) is 0 Å². The predicted octanol–water partition coefficient (Wildman–Crippen LogP) is 4.53. The van der Waals surface area contributed by atoms with Crippen molar-refractivity contribution in [1.82, 2.24) is 0 Å². The molecule has 18 heavy (non-hydrogen) atoms. The van der Waals surface area contributed by atoms with Gasteiger partial charge in [-0.25, -0.2) is 0 Å². The normalized spacial score (nSPS) is 14.8. The van der Waals surface area contributed by atoms with E-state index >= 15 is 0 Å². The van der Waals surface area contributed by atoms with E-state index in [-0.39, 0.29) is 0 Å². The highest BCUT2D eigenvalue weighted by molar-refractivity contribution is 7.19. The Morgan fingerprint density at radius 1 is 1.00 bits per heavy atom. The Kier molecular flexibility index (Phi) is 2.77. The van der Waals surface area contributed by atoms with Crippen LogP contribution in [-0.4, -0.2) is 5.11 Å². The lowest BCUT2D eigenvalue weighted by atomic mass is 10.0. The third-order valence-corrected chi connectivity index (χ3v) is 5.66. The molecule has 1 N–H and O–H groups in total. The number of hydrogen-bond donors (Lipinski definition) is 1. The van der Waals surface area contributed by atoms with Gasteiger partial charge in [-0.1, -0.05) is 18.2 Å². The van der Waals surface area contributed by atoms with E-state index in [0.29, 0.717) is 0 Å². The summed E-state index contributed by atoms with van der Waals surface area (Å²) in [7, 11) is 0. The van der Waals surface area contributed by atoms with Crippen LogP contribution in [0, 0.1) is 6.92 Å². The number of aryl methyl sites for hydroxylation is 1. The molecule has 1 nitrogen and oxygen atoms in total. The average Bonchev–Trinajstić information content (AvgIpc) is 2.94. The van der Waals surface area contributed by atoms with Crippen LogP contribution in [0.2, 0.25) is 0 Å². The van der Waals surface area contributed by atoms with Crippen LogP contribution in [0.1, 0.15) is 21.6 Å². The van der Waals surface area contributed by atoms with Crippen LogP contribution in [-0.2, 0) is 5.60 Å². The highest BCUT2D eigenvalue weighted by Crippen LogP contribution is 2.39. The minimum atomic E-state index is -0.886. The van der Waals surface area contributed by atoms with Crippen LogP contribution < -0.4 is 0 Å². The molecular weight excluding hydrogens is 260 g/mol. The highest BCUT2D eigenvalue weighted by atomic mass is 32.1. The lowest BCUT2D eigenvalue weighted by molar-refractivity contribution is 0.110. The van der Waals surface area contributed by atoms with Gasteiger partial charge < -0.3 is 5.11 Å². The van der Waals surface area contributed by atoms with Crippen molar-refractivity contribution in [1.29, 1.82) is 0 Å². The van der Waals surface area contributed by atoms with Gasteiger partial charge >= 0.3 is 0 Å². The molecule has 2 aromatic heterocycles. The Labute approximate surface area is 114 Å². The van der Waals surface area contributed by atoms with Crippen LogP contribution in [0.15, 0.2) is 42.5 Å². The smallest absolute Gasteiger partial charge is 0.130 e. The Morgan fingerprint density at radius 3 is 2.44 bits per heavy atom. The summed E-state index contributed by atoms with van der Waals surface area (Å²) < 4.78 is 1.22. The van der Waals surface area contributed by atoms with Crippen molar-refractivity contribution in [2.45, 2.75) is 19.4 Å². The fourth-order valence-electron chi connectivity index (χ4n) is 2.04. The molecule has 1 aromatic carbocycles. The largest absolute Gasteiger partial charge is 0.379 e. The Hall–Kier alpha value is -1.16. The van der Waals surface area contributed by atoms with Crippen molar-refractivity contribution in [2.75, 3.05) is 0 Å². The van der Waals surface area contributed by atoms with E-state index in [9.17, 15) is 5.11 Å². The van der Waals surface area contributed by atoms with Crippen molar-refractivity contribution in [2.24, 2.45) is 0 Å². The summed E-state index contributed by atoms with van der Waals surface area (Å²) in [5.41, 5.74) is -0.886. The van der Waals surface area contributed by atoms with Gasteiger partial charge in [-0.3, -0.25) is 0 Å². The monoisotopic (exact) mass is 274 g/mol. The molecule has 3 aromatic rings. The maximum Gasteiger partial charge on any atom is 0.130 e. The second-order valence-corrected chi connectivity index (χ2v) is 7.00. The van der Waals surface area contributed by atoms with Crippen LogP contribution >= 0.6 is 22.7 Å². The molecule has 0 radical (unpaired) electrons. The number of fused-ring (bicyclic) bond motifs is 1. The van der Waals surface area contributed by atoms with E-state index in [1.165, 1.54) is 15.0 Å². The molecule has 3 rings (SSSR count). The molecule has 1 atom stereocenters. The van der Waals surface area contributed by atoms with Gasteiger partial charge in [-0.2, -0.15) is 0 Å². The number of rotatable bonds is 2. The zero-order chi connectivity index (χ0) is 12.8. The number of aliphatic hydroxyl groups is 1. The molecule has 3 heteroatoms. The van der Waals surface area contributed by atoms with Crippen molar-refractivity contribution >= 4 is 32.8 Å². The molecule has 0 spiro atoms. The highest BCUT2D eigenvalue weighted by Gasteiger charge is 2.29. The molecule has 0 fully saturated rings. The molecule has 0 saturated heterocycles. The topological polar surface area (TPSA) is 20.2 Å². The molecule has 0 bridgehead atoms. The molecule has 0 saturated carbocycles. The predicted molar refractivity (Wildman–Crippen MR) is 79.6 cm³/mol. The standard InChI is InChI=1S/C15H14OS2/c1-10-7-8-13(17-10)15(2,16)14-9-11-5-3-4-6-12(11)18-14/h3-9,16H,1-2H3. The maximum absolute atomic E-state index is 10.8. The number of thiophene rings is 2. The lowest BCUT2D eigenvalue weighted by Gasteiger charge is -2.20. The van der Waals surface area contributed by atoms with Crippen molar-refractivity contribution in [3.63, 3.8) is 0 Å². The molecule has 0 aliphatic rings. The Morgan fingerprint density at radius 2 is 1.78 bits per heavy atom. The van der Waals surface area contributed by atoms with Crippen molar-refractivity contribution < 1.29 is 5.11 Å². The summed E-state index contributed by atoms with van der Waals surface area (Å²) in [4.78, 5) is 3.24. The maximum atomic E-state index is 10.8. The fraction of sp³-hybridized carbons (Fsp3) is 0.200. The minimum Gasteiger partial charge on any atom is -0.379 e. The lowest BCUT2D eigenvalue weighted by Crippen LogP contribution is -2.19. The SMILES string of the molecule is Cc1ccc(C(C)(O)c2cc3ccccc3s2)s1. The first-order chi connectivity index (χ1) is 8.57. The van der Waals surface area contributed by atoms with Crippen LogP contribution in [0.25, 0.3) is 10.1 Å². The molecule has 0 aliphatic heterocycles. The fourth-order valence-corrected chi connectivity index (χ4v) is 4.15. The summed E-state index contributed by atoms with van der Waals surface area (Å²) in [6.07, 6.45) is 0. The second-order valence-electron chi connectivity index (χ2n) is 4.63. The average molecular weight is 274 g/mol. The summed E-state index contributed by atoms with van der Waals surface area (Å²) in [6, 6.07) is 14.4. The molecule has 0 aliphatic carbocycles. The van der Waals surface area contributed by atoms with E-state index in [1.54, 1.807) is 22.7 Å². The van der Waals surface area contributed by atoms with Gasteiger partial charge in [-0.05, 0) is 43.5 Å².